The van der Waals surface area contributed by atoms with Crippen molar-refractivity contribution < 1.29 is 14.6 Å². The van der Waals surface area contributed by atoms with Crippen molar-refractivity contribution >= 4 is 11.7 Å². The van der Waals surface area contributed by atoms with Gasteiger partial charge >= 0.3 is 5.97 Å². The van der Waals surface area contributed by atoms with E-state index in [1.807, 2.05) is 0 Å². The Hall–Kier alpha value is -1.78. The van der Waals surface area contributed by atoms with Gasteiger partial charge in [0.05, 0.1) is 7.11 Å². The summed E-state index contributed by atoms with van der Waals surface area (Å²) in [4.78, 5) is 15.5. The molecule has 5 nitrogen and oxygen atoms in total. The van der Waals surface area contributed by atoms with Crippen LogP contribution in [0, 0.1) is 0 Å². The molecule has 98 valence electrons. The van der Waals surface area contributed by atoms with Crippen molar-refractivity contribution in [2.24, 2.45) is 0 Å². The number of methoxy groups -OCH3 is 1. The van der Waals surface area contributed by atoms with E-state index in [4.69, 9.17) is 4.74 Å². The van der Waals surface area contributed by atoms with Crippen molar-refractivity contribution in [3.8, 4) is 5.88 Å². The van der Waals surface area contributed by atoms with Crippen molar-refractivity contribution in [1.82, 2.24) is 4.98 Å². The smallest absolute Gasteiger partial charge is 0.329 e. The first kappa shape index (κ1) is 12.7. The van der Waals surface area contributed by atoms with Crippen LogP contribution in [-0.2, 0) is 4.79 Å². The Kier molecular flexibility index (Phi) is 3.69. The molecule has 0 aromatic carbocycles. The average molecular weight is 250 g/mol. The summed E-state index contributed by atoms with van der Waals surface area (Å²) in [6.45, 7) is 0. The normalized spacial score (nSPS) is 18.1. The van der Waals surface area contributed by atoms with E-state index < -0.39 is 11.5 Å². The molecule has 1 heterocycles. The lowest BCUT2D eigenvalue weighted by atomic mass is 9.81. The number of pyridine rings is 1. The van der Waals surface area contributed by atoms with Crippen LogP contribution in [0.25, 0.3) is 0 Å². The number of aromatic nitrogens is 1. The Balaban J connectivity index is 2.20. The molecule has 0 aliphatic heterocycles. The molecule has 0 saturated heterocycles. The lowest BCUT2D eigenvalue weighted by molar-refractivity contribution is -0.143. The molecule has 0 amide bonds. The summed E-state index contributed by atoms with van der Waals surface area (Å²) < 4.78 is 5.04. The van der Waals surface area contributed by atoms with Gasteiger partial charge in [0.2, 0.25) is 5.88 Å². The molecule has 5 heteroatoms. The third-order valence-electron chi connectivity index (χ3n) is 3.44. The first-order valence-electron chi connectivity index (χ1n) is 6.18. The SMILES string of the molecule is COc1cc(NC2(C(=O)O)CCCCC2)ccn1. The molecule has 0 unspecified atom stereocenters. The maximum atomic E-state index is 11.5. The summed E-state index contributed by atoms with van der Waals surface area (Å²) in [6.07, 6.45) is 5.93. The Labute approximate surface area is 106 Å². The van der Waals surface area contributed by atoms with E-state index in [1.165, 1.54) is 0 Å². The van der Waals surface area contributed by atoms with Crippen LogP contribution in [0.4, 0.5) is 5.69 Å². The molecule has 0 radical (unpaired) electrons. The van der Waals surface area contributed by atoms with Gasteiger partial charge in [0.25, 0.3) is 0 Å². The van der Waals surface area contributed by atoms with Crippen LogP contribution in [0.2, 0.25) is 0 Å². The van der Waals surface area contributed by atoms with Gasteiger partial charge in [-0.15, -0.1) is 0 Å². The van der Waals surface area contributed by atoms with E-state index in [2.05, 4.69) is 10.3 Å². The quantitative estimate of drug-likeness (QED) is 0.857. The van der Waals surface area contributed by atoms with E-state index in [0.29, 0.717) is 18.7 Å². The highest BCUT2D eigenvalue weighted by Crippen LogP contribution is 2.32. The topological polar surface area (TPSA) is 71.5 Å². The molecule has 1 aliphatic rings. The van der Waals surface area contributed by atoms with E-state index >= 15 is 0 Å². The van der Waals surface area contributed by atoms with Crippen molar-refractivity contribution in [2.75, 3.05) is 12.4 Å². The molecule has 0 atom stereocenters. The molecule has 1 aromatic rings. The molecule has 2 rings (SSSR count). The number of nitrogens with one attached hydrogen (secondary N) is 1. The zero-order chi connectivity index (χ0) is 13.0. The summed E-state index contributed by atoms with van der Waals surface area (Å²) >= 11 is 0. The number of rotatable bonds is 4. The number of hydrogen-bond acceptors (Lipinski definition) is 4. The molecule has 1 fully saturated rings. The third-order valence-corrected chi connectivity index (χ3v) is 3.44. The Bertz CT molecular complexity index is 428. The number of hydrogen-bond donors (Lipinski definition) is 2. The lowest BCUT2D eigenvalue weighted by Crippen LogP contribution is -2.47. The fraction of sp³-hybridized carbons (Fsp3) is 0.538. The molecule has 1 aliphatic carbocycles. The van der Waals surface area contributed by atoms with Crippen LogP contribution < -0.4 is 10.1 Å². The number of carboxylic acids is 1. The van der Waals surface area contributed by atoms with E-state index in [9.17, 15) is 9.90 Å². The minimum absolute atomic E-state index is 0.483. The lowest BCUT2D eigenvalue weighted by Gasteiger charge is -2.34. The average Bonchev–Trinajstić information content (AvgIpc) is 2.40. The Morgan fingerprint density at radius 3 is 2.78 bits per heavy atom. The molecular formula is C13H18N2O3. The molecule has 1 saturated carbocycles. The molecule has 1 aromatic heterocycles. The van der Waals surface area contributed by atoms with Gasteiger partial charge in [-0.25, -0.2) is 9.78 Å². The second-order valence-corrected chi connectivity index (χ2v) is 4.66. The zero-order valence-corrected chi connectivity index (χ0v) is 10.5. The second-order valence-electron chi connectivity index (χ2n) is 4.66. The maximum absolute atomic E-state index is 11.5. The van der Waals surface area contributed by atoms with Gasteiger partial charge in [-0.1, -0.05) is 19.3 Å². The molecule has 0 spiro atoms. The Morgan fingerprint density at radius 1 is 1.44 bits per heavy atom. The van der Waals surface area contributed by atoms with Gasteiger partial charge in [0.1, 0.15) is 5.54 Å². The minimum Gasteiger partial charge on any atom is -0.481 e. The van der Waals surface area contributed by atoms with E-state index in [-0.39, 0.29) is 0 Å². The Morgan fingerprint density at radius 2 is 2.17 bits per heavy atom. The number of ether oxygens (including phenoxy) is 1. The standard InChI is InChI=1S/C13H18N2O3/c1-18-11-9-10(5-8-14-11)15-13(12(16)17)6-3-2-4-7-13/h5,8-9H,2-4,6-7H2,1H3,(H,14,15)(H,16,17). The first-order valence-corrected chi connectivity index (χ1v) is 6.18. The first-order chi connectivity index (χ1) is 8.66. The van der Waals surface area contributed by atoms with Crippen LogP contribution in [0.15, 0.2) is 18.3 Å². The highest BCUT2D eigenvalue weighted by molar-refractivity contribution is 5.83. The van der Waals surface area contributed by atoms with Crippen LogP contribution in [0.3, 0.4) is 0 Å². The summed E-state index contributed by atoms with van der Waals surface area (Å²) in [5, 5.41) is 12.6. The van der Waals surface area contributed by atoms with Gasteiger partial charge < -0.3 is 15.2 Å². The van der Waals surface area contributed by atoms with Crippen LogP contribution >= 0.6 is 0 Å². The van der Waals surface area contributed by atoms with Crippen LogP contribution in [0.5, 0.6) is 5.88 Å². The third kappa shape index (κ3) is 2.55. The van der Waals surface area contributed by atoms with Gasteiger partial charge in [-0.05, 0) is 18.9 Å². The van der Waals surface area contributed by atoms with Gasteiger partial charge in [0.15, 0.2) is 0 Å². The largest absolute Gasteiger partial charge is 0.481 e. The zero-order valence-electron chi connectivity index (χ0n) is 10.5. The van der Waals surface area contributed by atoms with Crippen molar-refractivity contribution in [3.05, 3.63) is 18.3 Å². The minimum atomic E-state index is -0.843. The van der Waals surface area contributed by atoms with Gasteiger partial charge in [0, 0.05) is 18.0 Å². The highest BCUT2D eigenvalue weighted by Gasteiger charge is 2.39. The van der Waals surface area contributed by atoms with Crippen LogP contribution in [-0.4, -0.2) is 28.7 Å². The number of carbonyl (C=O) groups is 1. The number of aliphatic carboxylic acids is 1. The molecule has 0 bridgehead atoms. The number of anilines is 1. The molecule has 18 heavy (non-hydrogen) atoms. The van der Waals surface area contributed by atoms with Crippen molar-refractivity contribution in [3.63, 3.8) is 0 Å². The summed E-state index contributed by atoms with van der Waals surface area (Å²) in [6, 6.07) is 3.49. The second kappa shape index (κ2) is 5.25. The maximum Gasteiger partial charge on any atom is 0.329 e. The summed E-state index contributed by atoms with van der Waals surface area (Å²) in [5.74, 6) is -0.297. The fourth-order valence-corrected chi connectivity index (χ4v) is 2.42. The predicted molar refractivity (Wildman–Crippen MR) is 67.9 cm³/mol. The fourth-order valence-electron chi connectivity index (χ4n) is 2.42. The molecule has 2 N–H and O–H groups in total. The van der Waals surface area contributed by atoms with E-state index in [0.717, 1.165) is 24.9 Å². The number of nitrogens with zero attached hydrogens (tertiary/aromatic N) is 1. The molecular weight excluding hydrogens is 232 g/mol. The van der Waals surface area contributed by atoms with E-state index in [1.54, 1.807) is 25.4 Å². The number of carboxylic acid groups (broad SMARTS) is 1. The summed E-state index contributed by atoms with van der Waals surface area (Å²) in [7, 11) is 1.54. The predicted octanol–water partition coefficient (Wildman–Crippen LogP) is 2.29. The summed E-state index contributed by atoms with van der Waals surface area (Å²) in [5.41, 5.74) is -0.101. The van der Waals surface area contributed by atoms with Gasteiger partial charge in [-0.2, -0.15) is 0 Å². The van der Waals surface area contributed by atoms with Gasteiger partial charge in [-0.3, -0.25) is 0 Å². The highest BCUT2D eigenvalue weighted by atomic mass is 16.5. The monoisotopic (exact) mass is 250 g/mol. The van der Waals surface area contributed by atoms with Crippen molar-refractivity contribution in [2.45, 2.75) is 37.6 Å². The van der Waals surface area contributed by atoms with Crippen molar-refractivity contribution in [1.29, 1.82) is 0 Å². The van der Waals surface area contributed by atoms with Crippen LogP contribution in [0.1, 0.15) is 32.1 Å².